The van der Waals surface area contributed by atoms with Gasteiger partial charge in [0, 0.05) is 5.56 Å². The van der Waals surface area contributed by atoms with Crippen molar-refractivity contribution >= 4 is 0 Å². The van der Waals surface area contributed by atoms with Gasteiger partial charge < -0.3 is 0 Å². The van der Waals surface area contributed by atoms with Crippen molar-refractivity contribution in [3.8, 4) is 0 Å². The lowest BCUT2D eigenvalue weighted by molar-refractivity contribution is -0.330. The third-order valence-electron chi connectivity index (χ3n) is 1.53. The highest BCUT2D eigenvalue weighted by molar-refractivity contribution is 5.19. The molecule has 0 heterocycles. The van der Waals surface area contributed by atoms with E-state index >= 15 is 0 Å². The Morgan fingerprint density at radius 3 is 2.45 bits per heavy atom. The zero-order chi connectivity index (χ0) is 8.10. The molecule has 0 fully saturated rings. The molecule has 1 aromatic carbocycles. The molecule has 0 aromatic heterocycles. The quantitative estimate of drug-likeness (QED) is 0.369. The molecule has 1 aromatic rings. The molecular formula is C9H10O2+. The van der Waals surface area contributed by atoms with Gasteiger partial charge in [-0.1, -0.05) is 30.3 Å². The summed E-state index contributed by atoms with van der Waals surface area (Å²) >= 11 is 0. The lowest BCUT2D eigenvalue weighted by atomic mass is 10.1. The van der Waals surface area contributed by atoms with Crippen LogP contribution in [0.2, 0.25) is 0 Å². The smallest absolute Gasteiger partial charge is 0.147 e. The zero-order valence-electron chi connectivity index (χ0n) is 6.36. The average Bonchev–Trinajstić information content (AvgIpc) is 2.09. The second kappa shape index (κ2) is 4.01. The lowest BCUT2D eigenvalue weighted by Gasteiger charge is -2.00. The standard InChI is InChI=1S/C9H10O2/c1-2-9(11-10)8-6-4-3-5-7-8/h2-7,9H,1H3/q+1. The fraction of sp³-hybridized carbons (Fsp3) is 0.222. The Kier molecular flexibility index (Phi) is 2.95. The van der Waals surface area contributed by atoms with Gasteiger partial charge in [0.1, 0.15) is 6.42 Å². The minimum absolute atomic E-state index is 0.420. The summed E-state index contributed by atoms with van der Waals surface area (Å²) in [5.41, 5.74) is 0.894. The van der Waals surface area contributed by atoms with Crippen molar-refractivity contribution < 1.29 is 10.1 Å². The maximum absolute atomic E-state index is 10.1. The van der Waals surface area contributed by atoms with Crippen molar-refractivity contribution in [2.45, 2.75) is 13.0 Å². The molecule has 0 aliphatic carbocycles. The summed E-state index contributed by atoms with van der Waals surface area (Å²) in [5, 5.41) is 10.1. The first-order valence-electron chi connectivity index (χ1n) is 3.51. The lowest BCUT2D eigenvalue weighted by Crippen LogP contribution is -1.98. The first-order valence-corrected chi connectivity index (χ1v) is 3.51. The number of benzene rings is 1. The van der Waals surface area contributed by atoms with Crippen LogP contribution in [0.4, 0.5) is 0 Å². The molecule has 1 radical (unpaired) electrons. The molecule has 0 amide bonds. The Bertz CT molecular complexity index is 192. The molecular weight excluding hydrogens is 140 g/mol. The molecule has 1 atom stereocenters. The van der Waals surface area contributed by atoms with E-state index in [1.807, 2.05) is 30.3 Å². The van der Waals surface area contributed by atoms with E-state index in [9.17, 15) is 5.26 Å². The summed E-state index contributed by atoms with van der Waals surface area (Å²) in [6, 6.07) is 9.39. The predicted octanol–water partition coefficient (Wildman–Crippen LogP) is 2.31. The fourth-order valence-electron chi connectivity index (χ4n) is 0.946. The molecule has 0 saturated heterocycles. The molecule has 1 unspecified atom stereocenters. The highest BCUT2D eigenvalue weighted by Gasteiger charge is 2.16. The van der Waals surface area contributed by atoms with Gasteiger partial charge in [0.2, 0.25) is 0 Å². The Hall–Kier alpha value is -0.990. The maximum Gasteiger partial charge on any atom is 0.256 e. The van der Waals surface area contributed by atoms with E-state index in [0.29, 0.717) is 0 Å². The van der Waals surface area contributed by atoms with E-state index in [1.54, 1.807) is 13.3 Å². The third-order valence-corrected chi connectivity index (χ3v) is 1.53. The van der Waals surface area contributed by atoms with Crippen LogP contribution in [0.5, 0.6) is 0 Å². The summed E-state index contributed by atoms with van der Waals surface area (Å²) in [4.78, 5) is 3.98. The minimum atomic E-state index is -0.420. The van der Waals surface area contributed by atoms with Crippen LogP contribution >= 0.6 is 0 Å². The Balaban J connectivity index is 2.74. The van der Waals surface area contributed by atoms with Crippen LogP contribution in [0.1, 0.15) is 18.6 Å². The summed E-state index contributed by atoms with van der Waals surface area (Å²) in [5.74, 6) is 0. The van der Waals surface area contributed by atoms with Crippen LogP contribution in [0.3, 0.4) is 0 Å². The number of rotatable bonds is 3. The van der Waals surface area contributed by atoms with Gasteiger partial charge in [0.25, 0.3) is 6.10 Å². The van der Waals surface area contributed by atoms with Gasteiger partial charge in [-0.2, -0.15) is 0 Å². The van der Waals surface area contributed by atoms with Crippen LogP contribution in [-0.4, -0.2) is 0 Å². The van der Waals surface area contributed by atoms with E-state index in [4.69, 9.17) is 0 Å². The van der Waals surface area contributed by atoms with Gasteiger partial charge in [-0.25, -0.2) is 0 Å². The second-order valence-electron chi connectivity index (χ2n) is 2.26. The van der Waals surface area contributed by atoms with Gasteiger partial charge >= 0.3 is 0 Å². The van der Waals surface area contributed by atoms with Crippen molar-refractivity contribution in [3.05, 3.63) is 42.3 Å². The topological polar surface area (TPSA) is 29.1 Å². The maximum atomic E-state index is 10.1. The van der Waals surface area contributed by atoms with Crippen LogP contribution in [-0.2, 0) is 10.1 Å². The van der Waals surface area contributed by atoms with Crippen LogP contribution < -0.4 is 0 Å². The Morgan fingerprint density at radius 1 is 1.36 bits per heavy atom. The largest absolute Gasteiger partial charge is 0.256 e. The van der Waals surface area contributed by atoms with Crippen molar-refractivity contribution in [3.63, 3.8) is 0 Å². The zero-order valence-corrected chi connectivity index (χ0v) is 6.36. The average molecular weight is 150 g/mol. The molecule has 0 saturated carbocycles. The Labute approximate surface area is 66.4 Å². The van der Waals surface area contributed by atoms with E-state index in [0.717, 1.165) is 5.56 Å². The van der Waals surface area contributed by atoms with Crippen LogP contribution in [0.15, 0.2) is 30.3 Å². The molecule has 2 nitrogen and oxygen atoms in total. The normalized spacial score (nSPS) is 12.5. The Morgan fingerprint density at radius 2 is 2.00 bits per heavy atom. The minimum Gasteiger partial charge on any atom is -0.147 e. The highest BCUT2D eigenvalue weighted by atomic mass is 17.1. The summed E-state index contributed by atoms with van der Waals surface area (Å²) in [6.07, 6.45) is 1.30. The highest BCUT2D eigenvalue weighted by Crippen LogP contribution is 2.17. The number of hydrogen-bond donors (Lipinski definition) is 0. The predicted molar refractivity (Wildman–Crippen MR) is 40.9 cm³/mol. The molecule has 0 bridgehead atoms. The summed E-state index contributed by atoms with van der Waals surface area (Å²) in [7, 11) is 0. The van der Waals surface area contributed by atoms with Gasteiger partial charge in [0.15, 0.2) is 0 Å². The molecule has 0 aliphatic rings. The molecule has 0 spiro atoms. The van der Waals surface area contributed by atoms with Gasteiger partial charge in [-0.05, 0) is 5.26 Å². The fourth-order valence-corrected chi connectivity index (χ4v) is 0.946. The van der Waals surface area contributed by atoms with Crippen molar-refractivity contribution in [1.82, 2.24) is 0 Å². The molecule has 11 heavy (non-hydrogen) atoms. The SMILES string of the molecule is C[CH+]C(O[O])c1ccccc1. The first kappa shape index (κ1) is 8.11. The van der Waals surface area contributed by atoms with E-state index in [1.165, 1.54) is 0 Å². The van der Waals surface area contributed by atoms with Gasteiger partial charge in [-0.15, -0.1) is 4.89 Å². The molecule has 0 aliphatic heterocycles. The number of hydrogen-bond acceptors (Lipinski definition) is 1. The second-order valence-corrected chi connectivity index (χ2v) is 2.26. The van der Waals surface area contributed by atoms with Crippen LogP contribution in [0, 0.1) is 6.42 Å². The molecule has 2 heteroatoms. The van der Waals surface area contributed by atoms with Crippen molar-refractivity contribution in [2.24, 2.45) is 0 Å². The van der Waals surface area contributed by atoms with Gasteiger partial charge in [0.05, 0.1) is 6.92 Å². The van der Waals surface area contributed by atoms with Crippen LogP contribution in [0.25, 0.3) is 0 Å². The van der Waals surface area contributed by atoms with E-state index in [2.05, 4.69) is 4.89 Å². The molecule has 57 valence electrons. The van der Waals surface area contributed by atoms with Crippen molar-refractivity contribution in [2.75, 3.05) is 0 Å². The third kappa shape index (κ3) is 1.97. The van der Waals surface area contributed by atoms with Gasteiger partial charge in [-0.3, -0.25) is 0 Å². The summed E-state index contributed by atoms with van der Waals surface area (Å²) in [6.45, 7) is 1.80. The molecule has 1 rings (SSSR count). The molecule has 0 N–H and O–H groups in total. The first-order chi connectivity index (χ1) is 5.38. The van der Waals surface area contributed by atoms with E-state index < -0.39 is 6.10 Å². The monoisotopic (exact) mass is 150 g/mol. The summed E-state index contributed by atoms with van der Waals surface area (Å²) < 4.78 is 0. The van der Waals surface area contributed by atoms with Crippen molar-refractivity contribution in [1.29, 1.82) is 0 Å². The van der Waals surface area contributed by atoms with E-state index in [-0.39, 0.29) is 0 Å².